The first-order valence-corrected chi connectivity index (χ1v) is 7.41. The van der Waals surface area contributed by atoms with Crippen LogP contribution in [0, 0.1) is 6.92 Å². The van der Waals surface area contributed by atoms with Crippen molar-refractivity contribution < 1.29 is 8.42 Å². The average molecular weight is 292 g/mol. The molecule has 2 aromatic rings. The van der Waals surface area contributed by atoms with Crippen LogP contribution in [0.1, 0.15) is 17.1 Å². The van der Waals surface area contributed by atoms with Crippen molar-refractivity contribution in [2.75, 3.05) is 0 Å². The third-order valence-electron chi connectivity index (χ3n) is 3.15. The van der Waals surface area contributed by atoms with Crippen LogP contribution in [0.3, 0.4) is 0 Å². The minimum Gasteiger partial charge on any atom is -0.310 e. The number of fused-ring (bicyclic) bond motifs is 1. The van der Waals surface area contributed by atoms with Gasteiger partial charge in [-0.3, -0.25) is 9.78 Å². The summed E-state index contributed by atoms with van der Waals surface area (Å²) >= 11 is 0. The van der Waals surface area contributed by atoms with Crippen LogP contribution >= 0.6 is 0 Å². The molecule has 0 saturated carbocycles. The number of nitrogens with zero attached hydrogens (tertiary/aromatic N) is 3. The Balaban J connectivity index is 2.00. The van der Waals surface area contributed by atoms with E-state index >= 15 is 0 Å². The Morgan fingerprint density at radius 2 is 2.15 bits per heavy atom. The fourth-order valence-corrected chi connectivity index (χ4v) is 3.51. The van der Waals surface area contributed by atoms with E-state index in [1.54, 1.807) is 13.0 Å². The minimum absolute atomic E-state index is 0.0369. The van der Waals surface area contributed by atoms with Crippen LogP contribution in [0.5, 0.6) is 0 Å². The van der Waals surface area contributed by atoms with Crippen molar-refractivity contribution in [3.63, 3.8) is 0 Å². The van der Waals surface area contributed by atoms with Gasteiger partial charge in [0.2, 0.25) is 10.0 Å². The van der Waals surface area contributed by atoms with E-state index in [4.69, 9.17) is 0 Å². The molecule has 1 N–H and O–H groups in total. The average Bonchev–Trinajstić information content (AvgIpc) is 2.84. The van der Waals surface area contributed by atoms with Crippen molar-refractivity contribution in [1.82, 2.24) is 19.3 Å². The van der Waals surface area contributed by atoms with E-state index in [1.165, 1.54) is 22.8 Å². The lowest BCUT2D eigenvalue weighted by Gasteiger charge is -2.14. The molecular formula is C12H12N4O3S. The molecular weight excluding hydrogens is 280 g/mol. The monoisotopic (exact) mass is 292 g/mol. The molecule has 0 radical (unpaired) electrons. The van der Waals surface area contributed by atoms with Crippen molar-refractivity contribution in [3.8, 4) is 0 Å². The summed E-state index contributed by atoms with van der Waals surface area (Å²) in [6, 6.07) is 3.04. The predicted octanol–water partition coefficient (Wildman–Crippen LogP) is 0.178. The molecule has 0 amide bonds. The van der Waals surface area contributed by atoms with Crippen molar-refractivity contribution in [2.24, 2.45) is 0 Å². The largest absolute Gasteiger partial charge is 0.310 e. The van der Waals surface area contributed by atoms with E-state index < -0.39 is 10.0 Å². The number of pyridine rings is 1. The van der Waals surface area contributed by atoms with Gasteiger partial charge in [0, 0.05) is 18.9 Å². The lowest BCUT2D eigenvalue weighted by Crippen LogP contribution is -2.26. The molecule has 0 saturated heterocycles. The summed E-state index contributed by atoms with van der Waals surface area (Å²) in [6.45, 7) is 1.81. The smallest absolute Gasteiger partial charge is 0.255 e. The van der Waals surface area contributed by atoms with E-state index in [9.17, 15) is 13.2 Å². The van der Waals surface area contributed by atoms with Crippen LogP contribution in [0.4, 0.5) is 0 Å². The highest BCUT2D eigenvalue weighted by Gasteiger charge is 2.33. The second-order valence-corrected chi connectivity index (χ2v) is 6.48. The molecule has 20 heavy (non-hydrogen) atoms. The quantitative estimate of drug-likeness (QED) is 0.851. The molecule has 104 valence electrons. The molecule has 1 aliphatic rings. The van der Waals surface area contributed by atoms with Crippen molar-refractivity contribution in [2.45, 2.75) is 24.9 Å². The highest BCUT2D eigenvalue weighted by Crippen LogP contribution is 2.25. The topological polar surface area (TPSA) is 96.0 Å². The van der Waals surface area contributed by atoms with Crippen LogP contribution in [0.25, 0.3) is 0 Å². The fourth-order valence-electron chi connectivity index (χ4n) is 2.18. The van der Waals surface area contributed by atoms with Crippen LogP contribution in [0.2, 0.25) is 0 Å². The molecule has 0 fully saturated rings. The number of hydrogen-bond donors (Lipinski definition) is 1. The van der Waals surface area contributed by atoms with Gasteiger partial charge in [0.1, 0.15) is 10.7 Å². The van der Waals surface area contributed by atoms with Crippen LogP contribution < -0.4 is 5.56 Å². The maximum Gasteiger partial charge on any atom is 0.255 e. The Morgan fingerprint density at radius 1 is 1.35 bits per heavy atom. The second-order valence-electron chi connectivity index (χ2n) is 4.54. The predicted molar refractivity (Wildman–Crippen MR) is 70.3 cm³/mol. The summed E-state index contributed by atoms with van der Waals surface area (Å²) in [7, 11) is -3.66. The molecule has 3 heterocycles. The molecule has 0 unspecified atom stereocenters. The van der Waals surface area contributed by atoms with Gasteiger partial charge in [-0.25, -0.2) is 13.4 Å². The van der Waals surface area contributed by atoms with Gasteiger partial charge in [0.05, 0.1) is 17.8 Å². The van der Waals surface area contributed by atoms with E-state index in [0.717, 1.165) is 0 Å². The van der Waals surface area contributed by atoms with Gasteiger partial charge in [0.25, 0.3) is 5.56 Å². The Labute approximate surface area is 115 Å². The van der Waals surface area contributed by atoms with Crippen LogP contribution in [0.15, 0.2) is 34.2 Å². The van der Waals surface area contributed by atoms with E-state index in [-0.39, 0.29) is 23.5 Å². The molecule has 0 bridgehead atoms. The lowest BCUT2D eigenvalue weighted by molar-refractivity contribution is 0.429. The minimum atomic E-state index is -3.66. The zero-order valence-corrected chi connectivity index (χ0v) is 11.5. The van der Waals surface area contributed by atoms with Crippen LogP contribution in [-0.4, -0.2) is 27.7 Å². The van der Waals surface area contributed by atoms with E-state index in [0.29, 0.717) is 17.1 Å². The molecule has 8 heteroatoms. The number of aromatic amines is 1. The summed E-state index contributed by atoms with van der Waals surface area (Å²) in [5.74, 6) is 0.481. The van der Waals surface area contributed by atoms with Gasteiger partial charge in [-0.1, -0.05) is 0 Å². The number of hydrogen-bond acceptors (Lipinski definition) is 5. The molecule has 7 nitrogen and oxygen atoms in total. The first-order valence-electron chi connectivity index (χ1n) is 5.97. The van der Waals surface area contributed by atoms with E-state index in [2.05, 4.69) is 15.0 Å². The van der Waals surface area contributed by atoms with E-state index in [1.807, 2.05) is 0 Å². The first-order chi connectivity index (χ1) is 9.48. The summed E-state index contributed by atoms with van der Waals surface area (Å²) in [4.78, 5) is 22.5. The maximum atomic E-state index is 12.4. The normalized spacial score (nSPS) is 15.2. The SMILES string of the molecule is Cc1nc2c(c(=O)[nH]1)CN(S(=O)(=O)c1cccnc1)C2. The second kappa shape index (κ2) is 4.50. The maximum absolute atomic E-state index is 12.4. The number of aryl methyl sites for hydroxylation is 1. The zero-order chi connectivity index (χ0) is 14.3. The molecule has 2 aromatic heterocycles. The molecule has 0 aliphatic carbocycles. The summed E-state index contributed by atoms with van der Waals surface area (Å²) < 4.78 is 26.1. The Kier molecular flexibility index (Phi) is 2.91. The van der Waals surface area contributed by atoms with Gasteiger partial charge in [0.15, 0.2) is 0 Å². The number of rotatable bonds is 2. The van der Waals surface area contributed by atoms with Gasteiger partial charge in [-0.05, 0) is 19.1 Å². The molecule has 1 aliphatic heterocycles. The molecule has 0 atom stereocenters. The highest BCUT2D eigenvalue weighted by molar-refractivity contribution is 7.89. The fraction of sp³-hybridized carbons (Fsp3) is 0.250. The van der Waals surface area contributed by atoms with Crippen molar-refractivity contribution in [3.05, 3.63) is 52.0 Å². The summed E-state index contributed by atoms with van der Waals surface area (Å²) in [6.07, 6.45) is 2.80. The van der Waals surface area contributed by atoms with Gasteiger partial charge in [-0.15, -0.1) is 0 Å². The molecule has 0 aromatic carbocycles. The number of sulfonamides is 1. The van der Waals surface area contributed by atoms with Crippen LogP contribution in [-0.2, 0) is 23.1 Å². The van der Waals surface area contributed by atoms with Crippen molar-refractivity contribution >= 4 is 10.0 Å². The van der Waals surface area contributed by atoms with Gasteiger partial charge < -0.3 is 4.98 Å². The number of nitrogens with one attached hydrogen (secondary N) is 1. The summed E-state index contributed by atoms with van der Waals surface area (Å²) in [5, 5.41) is 0. The third-order valence-corrected chi connectivity index (χ3v) is 4.93. The highest BCUT2D eigenvalue weighted by atomic mass is 32.2. The third kappa shape index (κ3) is 2.02. The Morgan fingerprint density at radius 3 is 2.85 bits per heavy atom. The Hall–Kier alpha value is -2.06. The summed E-state index contributed by atoms with van der Waals surface area (Å²) in [5.41, 5.74) is 0.637. The Bertz CT molecular complexity index is 814. The van der Waals surface area contributed by atoms with Gasteiger partial charge >= 0.3 is 0 Å². The van der Waals surface area contributed by atoms with Crippen molar-refractivity contribution in [1.29, 1.82) is 0 Å². The number of H-pyrrole nitrogens is 1. The molecule has 0 spiro atoms. The van der Waals surface area contributed by atoms with Gasteiger partial charge in [-0.2, -0.15) is 4.31 Å². The molecule has 3 rings (SSSR count). The first kappa shape index (κ1) is 12.9. The standard InChI is InChI=1S/C12H12N4O3S/c1-8-14-11-7-16(6-10(11)12(17)15-8)20(18,19)9-3-2-4-13-5-9/h2-5H,6-7H2,1H3,(H,14,15,17). The number of aromatic nitrogens is 3. The lowest BCUT2D eigenvalue weighted by atomic mass is 10.3. The zero-order valence-electron chi connectivity index (χ0n) is 10.7.